The number of hydrogen-bond donors (Lipinski definition) is 1. The van der Waals surface area contributed by atoms with E-state index in [1.54, 1.807) is 24.3 Å². The quantitative estimate of drug-likeness (QED) is 0.415. The van der Waals surface area contributed by atoms with Crippen molar-refractivity contribution in [3.05, 3.63) is 77.1 Å². The Labute approximate surface area is 220 Å². The van der Waals surface area contributed by atoms with Crippen molar-refractivity contribution in [2.24, 2.45) is 0 Å². The summed E-state index contributed by atoms with van der Waals surface area (Å²) in [5.41, 5.74) is 1.39. The first kappa shape index (κ1) is 24.6. The van der Waals surface area contributed by atoms with Crippen LogP contribution in [-0.2, 0) is 17.5 Å². The van der Waals surface area contributed by atoms with Gasteiger partial charge < -0.3 is 9.64 Å². The van der Waals surface area contributed by atoms with E-state index in [0.717, 1.165) is 6.07 Å². The molecule has 1 fully saturated rings. The third kappa shape index (κ3) is 4.46. The van der Waals surface area contributed by atoms with Crippen LogP contribution < -0.4 is 9.80 Å². The number of amides is 1. The molecular weight excluding hydrogens is 511 g/mol. The summed E-state index contributed by atoms with van der Waals surface area (Å²) in [6.45, 7) is 1.80. The summed E-state index contributed by atoms with van der Waals surface area (Å²) in [5.74, 6) is 0.654. The number of hydrogen-bond acceptors (Lipinski definition) is 7. The normalized spacial score (nSPS) is 15.4. The summed E-state index contributed by atoms with van der Waals surface area (Å²) in [6.07, 6.45) is -3.23. The fraction of sp³-hybridized carbons (Fsp3) is 0.222. The molecule has 4 aromatic rings. The third-order valence-corrected chi connectivity index (χ3v) is 6.81. The predicted molar refractivity (Wildman–Crippen MR) is 135 cm³/mol. The number of H-pyrrole nitrogens is 1. The molecule has 39 heavy (non-hydrogen) atoms. The number of fused-ring (bicyclic) bond motifs is 1. The number of aromatic amines is 1. The summed E-state index contributed by atoms with van der Waals surface area (Å²) in [7, 11) is 0. The zero-order chi connectivity index (χ0) is 27.1. The van der Waals surface area contributed by atoms with E-state index in [9.17, 15) is 23.2 Å². The van der Waals surface area contributed by atoms with Crippen LogP contribution in [0.15, 0.2) is 54.9 Å². The van der Waals surface area contributed by atoms with E-state index < -0.39 is 17.6 Å². The molecule has 0 saturated carbocycles. The molecule has 2 aromatic heterocycles. The number of morpholine rings is 1. The molecule has 0 spiro atoms. The highest BCUT2D eigenvalue weighted by molar-refractivity contribution is 6.10. The number of alkyl halides is 3. The minimum absolute atomic E-state index is 0.00113. The van der Waals surface area contributed by atoms with Crippen molar-refractivity contribution in [3.63, 3.8) is 0 Å². The molecule has 1 saturated heterocycles. The second kappa shape index (κ2) is 9.52. The van der Waals surface area contributed by atoms with Crippen molar-refractivity contribution in [2.45, 2.75) is 12.7 Å². The van der Waals surface area contributed by atoms with Crippen molar-refractivity contribution < 1.29 is 22.7 Å². The van der Waals surface area contributed by atoms with Gasteiger partial charge >= 0.3 is 6.18 Å². The van der Waals surface area contributed by atoms with E-state index in [2.05, 4.69) is 21.3 Å². The Balaban J connectivity index is 1.51. The lowest BCUT2D eigenvalue weighted by Crippen LogP contribution is -2.37. The fourth-order valence-corrected chi connectivity index (χ4v) is 4.93. The van der Waals surface area contributed by atoms with Gasteiger partial charge in [-0.1, -0.05) is 6.07 Å². The summed E-state index contributed by atoms with van der Waals surface area (Å²) in [6, 6.07) is 14.3. The molecule has 2 aliphatic heterocycles. The lowest BCUT2D eigenvalue weighted by Gasteiger charge is -2.29. The Morgan fingerprint density at radius 1 is 1.00 bits per heavy atom. The van der Waals surface area contributed by atoms with E-state index in [-0.39, 0.29) is 23.5 Å². The van der Waals surface area contributed by atoms with Crippen LogP contribution in [0.1, 0.15) is 27.0 Å². The number of nitrogens with one attached hydrogen (secondary N) is 1. The number of aromatic nitrogens is 4. The zero-order valence-electron chi connectivity index (χ0n) is 20.4. The van der Waals surface area contributed by atoms with Crippen LogP contribution >= 0.6 is 0 Å². The number of benzene rings is 2. The molecule has 0 atom stereocenters. The third-order valence-electron chi connectivity index (χ3n) is 6.81. The van der Waals surface area contributed by atoms with E-state index in [1.807, 2.05) is 11.0 Å². The van der Waals surface area contributed by atoms with Gasteiger partial charge in [0, 0.05) is 24.2 Å². The average molecular weight is 531 g/mol. The highest BCUT2D eigenvalue weighted by Gasteiger charge is 2.40. The Kier molecular flexibility index (Phi) is 6.00. The molecule has 196 valence electrons. The van der Waals surface area contributed by atoms with Crippen LogP contribution in [0.2, 0.25) is 0 Å². The maximum absolute atomic E-state index is 13.7. The topological polar surface area (TPSA) is 111 Å². The van der Waals surface area contributed by atoms with Gasteiger partial charge in [0.25, 0.3) is 5.91 Å². The van der Waals surface area contributed by atoms with Gasteiger partial charge in [0.05, 0.1) is 37.0 Å². The van der Waals surface area contributed by atoms with Crippen molar-refractivity contribution in [2.75, 3.05) is 36.1 Å². The molecule has 12 heteroatoms. The summed E-state index contributed by atoms with van der Waals surface area (Å²) in [5, 5.41) is 16.3. The monoisotopic (exact) mass is 531 g/mol. The van der Waals surface area contributed by atoms with Crippen molar-refractivity contribution >= 4 is 17.5 Å². The van der Waals surface area contributed by atoms with Crippen LogP contribution in [0.25, 0.3) is 22.5 Å². The zero-order valence-corrected chi connectivity index (χ0v) is 20.4. The van der Waals surface area contributed by atoms with Gasteiger partial charge in [-0.05, 0) is 59.2 Å². The Morgan fingerprint density at radius 2 is 1.79 bits per heavy atom. The Morgan fingerprint density at radius 3 is 2.51 bits per heavy atom. The highest BCUT2D eigenvalue weighted by Crippen LogP contribution is 2.40. The molecule has 1 amide bonds. The molecule has 9 nitrogen and oxygen atoms in total. The predicted octanol–water partition coefficient (Wildman–Crippen LogP) is 4.42. The molecule has 0 unspecified atom stereocenters. The molecule has 1 N–H and O–H groups in total. The number of pyridine rings is 1. The summed E-state index contributed by atoms with van der Waals surface area (Å²) >= 11 is 0. The van der Waals surface area contributed by atoms with Gasteiger partial charge in [-0.25, -0.2) is 9.97 Å². The second-order valence-electron chi connectivity index (χ2n) is 9.10. The second-order valence-corrected chi connectivity index (χ2v) is 9.10. The summed E-state index contributed by atoms with van der Waals surface area (Å²) in [4.78, 5) is 25.6. The number of rotatable bonds is 4. The molecule has 6 rings (SSSR count). The van der Waals surface area contributed by atoms with Crippen LogP contribution in [0, 0.1) is 11.3 Å². The van der Waals surface area contributed by atoms with E-state index in [1.165, 1.54) is 23.4 Å². The summed E-state index contributed by atoms with van der Waals surface area (Å²) < 4.78 is 46.7. The molecule has 0 bridgehead atoms. The molecular formula is C27H20F3N7O2. The van der Waals surface area contributed by atoms with Gasteiger partial charge in [-0.3, -0.25) is 14.8 Å². The maximum Gasteiger partial charge on any atom is 0.416 e. The molecule has 4 heterocycles. The van der Waals surface area contributed by atoms with E-state index in [4.69, 9.17) is 9.72 Å². The smallest absolute Gasteiger partial charge is 0.378 e. The van der Waals surface area contributed by atoms with Gasteiger partial charge in [-0.2, -0.15) is 23.5 Å². The highest BCUT2D eigenvalue weighted by atomic mass is 19.4. The van der Waals surface area contributed by atoms with Crippen LogP contribution in [0.3, 0.4) is 0 Å². The van der Waals surface area contributed by atoms with Gasteiger partial charge in [0.15, 0.2) is 5.82 Å². The first-order chi connectivity index (χ1) is 18.8. The minimum Gasteiger partial charge on any atom is -0.378 e. The number of halogens is 3. The Bertz CT molecular complexity index is 1610. The number of nitrogens with zero attached hydrogens (tertiary/aromatic N) is 6. The number of carbonyl (C=O) groups is 1. The van der Waals surface area contributed by atoms with Crippen molar-refractivity contribution in [1.29, 1.82) is 5.26 Å². The minimum atomic E-state index is -4.60. The molecule has 0 radical (unpaired) electrons. The standard InChI is InChI=1S/C27H20F3N7O2/c28-27(29,30)22-3-1-2-19-21(22)14-37(26(19)38)24-12-17(11-23(34-24)36-6-8-39-9-7-36)20-10-16(13-31)4-5-18(20)25-32-15-33-35-25/h1-5,10-12,15H,6-9,14H2,(H,32,33,35). The SMILES string of the molecule is N#Cc1ccc(-c2ncn[nH]2)c(-c2cc(N3CCOCC3)nc(N3Cc4c(cccc4C(F)(F)F)C3=O)c2)c1. The van der Waals surface area contributed by atoms with Gasteiger partial charge in [0.1, 0.15) is 18.0 Å². The number of ether oxygens (including phenoxy) is 1. The number of anilines is 2. The fourth-order valence-electron chi connectivity index (χ4n) is 4.93. The van der Waals surface area contributed by atoms with Crippen LogP contribution in [0.5, 0.6) is 0 Å². The molecule has 2 aliphatic rings. The van der Waals surface area contributed by atoms with Crippen molar-refractivity contribution in [1.82, 2.24) is 20.2 Å². The average Bonchev–Trinajstić information content (AvgIpc) is 3.61. The van der Waals surface area contributed by atoms with Gasteiger partial charge in [0.2, 0.25) is 0 Å². The van der Waals surface area contributed by atoms with E-state index in [0.29, 0.717) is 60.2 Å². The Hall–Kier alpha value is -4.76. The lowest BCUT2D eigenvalue weighted by molar-refractivity contribution is -0.138. The number of carbonyl (C=O) groups excluding carboxylic acids is 1. The first-order valence-corrected chi connectivity index (χ1v) is 12.1. The molecule has 2 aromatic carbocycles. The van der Waals surface area contributed by atoms with Gasteiger partial charge in [-0.15, -0.1) is 0 Å². The van der Waals surface area contributed by atoms with Crippen LogP contribution in [0.4, 0.5) is 24.8 Å². The lowest BCUT2D eigenvalue weighted by atomic mass is 9.97. The largest absolute Gasteiger partial charge is 0.416 e. The van der Waals surface area contributed by atoms with E-state index >= 15 is 0 Å². The first-order valence-electron chi connectivity index (χ1n) is 12.1. The maximum atomic E-state index is 13.7. The molecule has 0 aliphatic carbocycles. The number of nitriles is 1. The van der Waals surface area contributed by atoms with Crippen LogP contribution in [-0.4, -0.2) is 52.4 Å². The van der Waals surface area contributed by atoms with Crippen molar-refractivity contribution in [3.8, 4) is 28.6 Å².